The Morgan fingerprint density at radius 2 is 1.60 bits per heavy atom. The van der Waals surface area contributed by atoms with Crippen molar-refractivity contribution < 1.29 is 22.8 Å². The van der Waals surface area contributed by atoms with E-state index in [1.807, 2.05) is 0 Å². The van der Waals surface area contributed by atoms with Crippen molar-refractivity contribution in [2.75, 3.05) is 0 Å². The van der Waals surface area contributed by atoms with E-state index in [1.54, 1.807) is 20.8 Å². The van der Waals surface area contributed by atoms with Crippen molar-refractivity contribution in [1.29, 1.82) is 0 Å². The standard InChI is InChI=1S/C17H32F3N3O2/c1-5-6-7-8-9-10-14(25)22-12(11-13(21)24)15(17(18,19)20)23-16(2,3)4/h12,15,23H,5-11H2,1-4H3,(H2,21,24)(H,22,25)/t12-,15?/m1/s1. The Morgan fingerprint density at radius 3 is 2.04 bits per heavy atom. The minimum Gasteiger partial charge on any atom is -0.370 e. The molecule has 0 aliphatic heterocycles. The van der Waals surface area contributed by atoms with E-state index in [0.717, 1.165) is 25.7 Å². The van der Waals surface area contributed by atoms with Gasteiger partial charge in [0.15, 0.2) is 0 Å². The summed E-state index contributed by atoms with van der Waals surface area (Å²) in [7, 11) is 0. The minimum atomic E-state index is -4.62. The number of halogens is 3. The second-order valence-corrected chi connectivity index (χ2v) is 7.42. The van der Waals surface area contributed by atoms with Crippen LogP contribution in [0.4, 0.5) is 13.2 Å². The molecule has 1 unspecified atom stereocenters. The Kier molecular flexibility index (Phi) is 10.1. The first-order valence-corrected chi connectivity index (χ1v) is 8.79. The molecule has 8 heteroatoms. The Morgan fingerprint density at radius 1 is 1.04 bits per heavy atom. The van der Waals surface area contributed by atoms with E-state index in [2.05, 4.69) is 17.6 Å². The highest BCUT2D eigenvalue weighted by Crippen LogP contribution is 2.26. The molecule has 25 heavy (non-hydrogen) atoms. The number of hydrogen-bond acceptors (Lipinski definition) is 3. The van der Waals surface area contributed by atoms with Gasteiger partial charge in [-0.2, -0.15) is 13.2 Å². The fourth-order valence-corrected chi connectivity index (χ4v) is 2.51. The van der Waals surface area contributed by atoms with Crippen molar-refractivity contribution in [2.24, 2.45) is 5.73 Å². The van der Waals surface area contributed by atoms with Crippen molar-refractivity contribution in [3.05, 3.63) is 0 Å². The molecule has 0 saturated heterocycles. The van der Waals surface area contributed by atoms with Crippen LogP contribution in [0.3, 0.4) is 0 Å². The molecule has 0 bridgehead atoms. The summed E-state index contributed by atoms with van der Waals surface area (Å²) in [5, 5.41) is 4.79. The van der Waals surface area contributed by atoms with Crippen LogP contribution in [-0.2, 0) is 9.59 Å². The molecular formula is C17H32F3N3O2. The van der Waals surface area contributed by atoms with Gasteiger partial charge >= 0.3 is 6.18 Å². The first-order chi connectivity index (χ1) is 11.4. The van der Waals surface area contributed by atoms with Crippen molar-refractivity contribution in [2.45, 2.75) is 96.4 Å². The molecule has 0 fully saturated rings. The van der Waals surface area contributed by atoms with Crippen molar-refractivity contribution in [3.8, 4) is 0 Å². The molecule has 0 spiro atoms. The Hall–Kier alpha value is -1.31. The van der Waals surface area contributed by atoms with Crippen molar-refractivity contribution >= 4 is 11.8 Å². The van der Waals surface area contributed by atoms with E-state index in [-0.39, 0.29) is 6.42 Å². The molecule has 0 radical (unpaired) electrons. The van der Waals surface area contributed by atoms with Crippen LogP contribution in [0.1, 0.15) is 72.6 Å². The lowest BCUT2D eigenvalue weighted by Gasteiger charge is -2.35. The van der Waals surface area contributed by atoms with Gasteiger partial charge in [-0.3, -0.25) is 14.9 Å². The number of hydrogen-bond donors (Lipinski definition) is 3. The van der Waals surface area contributed by atoms with Gasteiger partial charge in [-0.1, -0.05) is 32.6 Å². The van der Waals surface area contributed by atoms with E-state index in [4.69, 9.17) is 5.73 Å². The van der Waals surface area contributed by atoms with E-state index in [9.17, 15) is 22.8 Å². The third kappa shape index (κ3) is 11.8. The number of unbranched alkanes of at least 4 members (excludes halogenated alkanes) is 4. The average Bonchev–Trinajstić information content (AvgIpc) is 2.41. The predicted octanol–water partition coefficient (Wildman–Crippen LogP) is 3.03. The predicted molar refractivity (Wildman–Crippen MR) is 91.8 cm³/mol. The number of nitrogens with two attached hydrogens (primary N) is 1. The second-order valence-electron chi connectivity index (χ2n) is 7.42. The average molecular weight is 367 g/mol. The molecule has 0 heterocycles. The van der Waals surface area contributed by atoms with Gasteiger partial charge in [-0.25, -0.2) is 0 Å². The number of carbonyl (C=O) groups excluding carboxylic acids is 2. The van der Waals surface area contributed by atoms with Gasteiger partial charge in [0.05, 0.1) is 6.04 Å². The normalized spacial score (nSPS) is 14.8. The fraction of sp³-hybridized carbons (Fsp3) is 0.882. The van der Waals surface area contributed by atoms with Crippen LogP contribution in [-0.4, -0.2) is 35.6 Å². The van der Waals surface area contributed by atoms with E-state index in [0.29, 0.717) is 6.42 Å². The second kappa shape index (κ2) is 10.6. The van der Waals surface area contributed by atoms with Crippen LogP contribution in [0.25, 0.3) is 0 Å². The zero-order valence-corrected chi connectivity index (χ0v) is 15.6. The van der Waals surface area contributed by atoms with Gasteiger partial charge in [0.1, 0.15) is 6.04 Å². The molecule has 0 saturated carbocycles. The fourth-order valence-electron chi connectivity index (χ4n) is 2.51. The van der Waals surface area contributed by atoms with Crippen LogP contribution in [0.5, 0.6) is 0 Å². The first-order valence-electron chi connectivity index (χ1n) is 8.79. The molecule has 0 aliphatic rings. The summed E-state index contributed by atoms with van der Waals surface area (Å²) in [4.78, 5) is 23.2. The zero-order chi connectivity index (χ0) is 19.7. The molecule has 2 amide bonds. The number of alkyl halides is 3. The van der Waals surface area contributed by atoms with Gasteiger partial charge in [0.25, 0.3) is 0 Å². The van der Waals surface area contributed by atoms with Crippen LogP contribution < -0.4 is 16.4 Å². The maximum atomic E-state index is 13.4. The highest BCUT2D eigenvalue weighted by atomic mass is 19.4. The van der Waals surface area contributed by atoms with Crippen LogP contribution in [0.2, 0.25) is 0 Å². The molecule has 2 atom stereocenters. The van der Waals surface area contributed by atoms with E-state index < -0.39 is 42.0 Å². The minimum absolute atomic E-state index is 0.138. The summed E-state index contributed by atoms with van der Waals surface area (Å²) in [5.74, 6) is -1.38. The lowest BCUT2D eigenvalue weighted by Crippen LogP contribution is -2.62. The van der Waals surface area contributed by atoms with Crippen LogP contribution >= 0.6 is 0 Å². The maximum absolute atomic E-state index is 13.4. The lowest BCUT2D eigenvalue weighted by molar-refractivity contribution is -0.168. The SMILES string of the molecule is CCCCCCCC(=O)N[C@H](CC(N)=O)C(NC(C)(C)C)C(F)(F)F. The Bertz CT molecular complexity index is 420. The molecule has 148 valence electrons. The molecule has 5 nitrogen and oxygen atoms in total. The number of carbonyl (C=O) groups is 2. The third-order valence-electron chi connectivity index (χ3n) is 3.62. The molecule has 0 aromatic rings. The summed E-state index contributed by atoms with van der Waals surface area (Å²) in [6, 6.07) is -3.48. The van der Waals surface area contributed by atoms with E-state index >= 15 is 0 Å². The van der Waals surface area contributed by atoms with Crippen molar-refractivity contribution in [3.63, 3.8) is 0 Å². The van der Waals surface area contributed by atoms with Gasteiger partial charge < -0.3 is 11.1 Å². The Labute approximate surface area is 148 Å². The monoisotopic (exact) mass is 367 g/mol. The van der Waals surface area contributed by atoms with Gasteiger partial charge in [-0.15, -0.1) is 0 Å². The van der Waals surface area contributed by atoms with Crippen LogP contribution in [0, 0.1) is 0 Å². The maximum Gasteiger partial charge on any atom is 0.405 e. The first kappa shape index (κ1) is 23.7. The molecule has 0 aliphatic carbocycles. The number of rotatable bonds is 11. The number of nitrogens with one attached hydrogen (secondary N) is 2. The molecule has 0 rings (SSSR count). The summed E-state index contributed by atoms with van der Waals surface area (Å²) < 4.78 is 40.3. The molecular weight excluding hydrogens is 335 g/mol. The molecule has 4 N–H and O–H groups in total. The highest BCUT2D eigenvalue weighted by molar-refractivity contribution is 5.79. The summed E-state index contributed by atoms with van der Waals surface area (Å²) in [6.45, 7) is 6.83. The summed E-state index contributed by atoms with van der Waals surface area (Å²) >= 11 is 0. The van der Waals surface area contributed by atoms with E-state index in [1.165, 1.54) is 0 Å². The molecule has 0 aromatic carbocycles. The Balaban J connectivity index is 4.94. The molecule has 0 aromatic heterocycles. The van der Waals surface area contributed by atoms with Crippen molar-refractivity contribution in [1.82, 2.24) is 10.6 Å². The lowest BCUT2D eigenvalue weighted by atomic mass is 9.98. The van der Waals surface area contributed by atoms with Crippen LogP contribution in [0.15, 0.2) is 0 Å². The van der Waals surface area contributed by atoms with Gasteiger partial charge in [0, 0.05) is 18.4 Å². The number of primary amides is 1. The quantitative estimate of drug-likeness (QED) is 0.491. The summed E-state index contributed by atoms with van der Waals surface area (Å²) in [5.41, 5.74) is 4.24. The largest absolute Gasteiger partial charge is 0.405 e. The van der Waals surface area contributed by atoms with Gasteiger partial charge in [0.2, 0.25) is 11.8 Å². The van der Waals surface area contributed by atoms with Gasteiger partial charge in [-0.05, 0) is 27.2 Å². The zero-order valence-electron chi connectivity index (χ0n) is 15.6. The highest BCUT2D eigenvalue weighted by Gasteiger charge is 2.47. The summed E-state index contributed by atoms with van der Waals surface area (Å²) in [6.07, 6.45) is -0.472. The number of amides is 2. The third-order valence-corrected chi connectivity index (χ3v) is 3.62. The topological polar surface area (TPSA) is 84.2 Å². The smallest absolute Gasteiger partial charge is 0.370 e.